The van der Waals surface area contributed by atoms with E-state index in [9.17, 15) is 9.59 Å². The van der Waals surface area contributed by atoms with E-state index >= 15 is 0 Å². The smallest absolute Gasteiger partial charge is 0.409 e. The molecule has 8 nitrogen and oxygen atoms in total. The van der Waals surface area contributed by atoms with Crippen LogP contribution in [0.5, 0.6) is 11.5 Å². The molecule has 2 amide bonds. The van der Waals surface area contributed by atoms with Gasteiger partial charge in [-0.2, -0.15) is 0 Å². The van der Waals surface area contributed by atoms with E-state index in [0.29, 0.717) is 57.4 Å². The minimum absolute atomic E-state index is 0.0405. The van der Waals surface area contributed by atoms with Crippen LogP contribution in [0.3, 0.4) is 0 Å². The first-order chi connectivity index (χ1) is 13.4. The van der Waals surface area contributed by atoms with Crippen molar-refractivity contribution in [2.75, 3.05) is 60.6 Å². The van der Waals surface area contributed by atoms with Gasteiger partial charge in [0.05, 0.1) is 27.4 Å². The molecule has 1 aliphatic heterocycles. The number of rotatable bonds is 7. The summed E-state index contributed by atoms with van der Waals surface area (Å²) < 4.78 is 15.7. The first-order valence-corrected chi connectivity index (χ1v) is 9.49. The highest BCUT2D eigenvalue weighted by Gasteiger charge is 2.24. The van der Waals surface area contributed by atoms with Crippen LogP contribution < -0.4 is 9.47 Å². The second-order valence-corrected chi connectivity index (χ2v) is 6.85. The van der Waals surface area contributed by atoms with Crippen LogP contribution in [0.1, 0.15) is 18.1 Å². The Bertz CT molecular complexity index is 687. The second kappa shape index (κ2) is 10.2. The number of amides is 2. The molecule has 0 aromatic heterocycles. The molecule has 0 spiro atoms. The molecule has 8 heteroatoms. The van der Waals surface area contributed by atoms with Crippen LogP contribution >= 0.6 is 0 Å². The predicted molar refractivity (Wildman–Crippen MR) is 106 cm³/mol. The van der Waals surface area contributed by atoms with Crippen molar-refractivity contribution in [1.29, 1.82) is 0 Å². The molecule has 1 aliphatic rings. The summed E-state index contributed by atoms with van der Waals surface area (Å²) in [6, 6.07) is 3.83. The minimum Gasteiger partial charge on any atom is -0.493 e. The highest BCUT2D eigenvalue weighted by atomic mass is 16.6. The highest BCUT2D eigenvalue weighted by Crippen LogP contribution is 2.30. The Morgan fingerprint density at radius 1 is 1.07 bits per heavy atom. The van der Waals surface area contributed by atoms with Crippen LogP contribution in [0.4, 0.5) is 4.79 Å². The SMILES string of the molecule is CCOC(=O)N1CCN(CC(=O)N(C)Cc2cc(OC)c(OC)cc2C)CC1. The normalized spacial score (nSPS) is 14.5. The molecule has 0 radical (unpaired) electrons. The lowest BCUT2D eigenvalue weighted by Crippen LogP contribution is -2.51. The summed E-state index contributed by atoms with van der Waals surface area (Å²) in [6.07, 6.45) is -0.283. The van der Waals surface area contributed by atoms with Crippen molar-refractivity contribution in [2.24, 2.45) is 0 Å². The molecule has 156 valence electrons. The molecule has 0 unspecified atom stereocenters. The molecular weight excluding hydrogens is 362 g/mol. The summed E-state index contributed by atoms with van der Waals surface area (Å²) in [5, 5.41) is 0. The van der Waals surface area contributed by atoms with E-state index in [1.165, 1.54) is 0 Å². The van der Waals surface area contributed by atoms with Crippen molar-refractivity contribution in [1.82, 2.24) is 14.7 Å². The summed E-state index contributed by atoms with van der Waals surface area (Å²) in [7, 11) is 5.00. The Kier molecular flexibility index (Phi) is 7.92. The zero-order valence-electron chi connectivity index (χ0n) is 17.5. The van der Waals surface area contributed by atoms with Crippen molar-refractivity contribution >= 4 is 12.0 Å². The molecule has 0 atom stereocenters. The first-order valence-electron chi connectivity index (χ1n) is 9.49. The fourth-order valence-corrected chi connectivity index (χ4v) is 3.15. The molecule has 0 aliphatic carbocycles. The quantitative estimate of drug-likeness (QED) is 0.703. The Hall–Kier alpha value is -2.48. The number of hydrogen-bond acceptors (Lipinski definition) is 6. The Morgan fingerprint density at radius 3 is 2.25 bits per heavy atom. The maximum atomic E-state index is 12.6. The summed E-state index contributed by atoms with van der Waals surface area (Å²) in [5.41, 5.74) is 2.06. The van der Waals surface area contributed by atoms with Gasteiger partial charge in [0.25, 0.3) is 0 Å². The van der Waals surface area contributed by atoms with Crippen molar-refractivity contribution < 1.29 is 23.8 Å². The van der Waals surface area contributed by atoms with Crippen LogP contribution in [0.2, 0.25) is 0 Å². The number of ether oxygens (including phenoxy) is 3. The number of hydrogen-bond donors (Lipinski definition) is 0. The van der Waals surface area contributed by atoms with Crippen LogP contribution in [0.25, 0.3) is 0 Å². The van der Waals surface area contributed by atoms with Gasteiger partial charge >= 0.3 is 6.09 Å². The van der Waals surface area contributed by atoms with Gasteiger partial charge in [0.2, 0.25) is 5.91 Å². The fourth-order valence-electron chi connectivity index (χ4n) is 3.15. The third kappa shape index (κ3) is 5.51. The van der Waals surface area contributed by atoms with Gasteiger partial charge in [-0.3, -0.25) is 9.69 Å². The second-order valence-electron chi connectivity index (χ2n) is 6.85. The standard InChI is InChI=1S/C20H31N3O5/c1-6-28-20(25)23-9-7-22(8-10-23)14-19(24)21(3)13-16-12-18(27-5)17(26-4)11-15(16)2/h11-12H,6-10,13-14H2,1-5H3. The van der Waals surface area contributed by atoms with Gasteiger partial charge in [-0.15, -0.1) is 0 Å². The van der Waals surface area contributed by atoms with Gasteiger partial charge in [0.15, 0.2) is 11.5 Å². The number of aryl methyl sites for hydroxylation is 1. The monoisotopic (exact) mass is 393 g/mol. The van der Waals surface area contributed by atoms with Gasteiger partial charge < -0.3 is 24.0 Å². The molecular formula is C20H31N3O5. The number of benzene rings is 1. The lowest BCUT2D eigenvalue weighted by molar-refractivity contribution is -0.132. The largest absolute Gasteiger partial charge is 0.493 e. The lowest BCUT2D eigenvalue weighted by Gasteiger charge is -2.34. The fraction of sp³-hybridized carbons (Fsp3) is 0.600. The Morgan fingerprint density at radius 2 is 1.68 bits per heavy atom. The van der Waals surface area contributed by atoms with Crippen molar-refractivity contribution in [3.05, 3.63) is 23.3 Å². The average Bonchev–Trinajstić information content (AvgIpc) is 2.69. The zero-order valence-corrected chi connectivity index (χ0v) is 17.5. The summed E-state index contributed by atoms with van der Waals surface area (Å²) in [5.74, 6) is 1.37. The number of piperazine rings is 1. The van der Waals surface area contributed by atoms with Crippen LogP contribution in [0, 0.1) is 6.92 Å². The van der Waals surface area contributed by atoms with Crippen LogP contribution in [0.15, 0.2) is 12.1 Å². The van der Waals surface area contributed by atoms with Crippen LogP contribution in [-0.2, 0) is 16.1 Å². The molecule has 0 bridgehead atoms. The van der Waals surface area contributed by atoms with Gasteiger partial charge in [0.1, 0.15) is 0 Å². The minimum atomic E-state index is -0.283. The molecule has 1 aromatic rings. The summed E-state index contributed by atoms with van der Waals surface area (Å²) in [6.45, 7) is 7.45. The maximum absolute atomic E-state index is 12.6. The van der Waals surface area contributed by atoms with Crippen molar-refractivity contribution in [3.63, 3.8) is 0 Å². The molecule has 2 rings (SSSR count). The van der Waals surface area contributed by atoms with Crippen molar-refractivity contribution in [2.45, 2.75) is 20.4 Å². The molecule has 28 heavy (non-hydrogen) atoms. The Labute approximate surface area is 166 Å². The highest BCUT2D eigenvalue weighted by molar-refractivity contribution is 5.78. The van der Waals surface area contributed by atoms with Crippen LogP contribution in [-0.4, -0.2) is 87.3 Å². The van der Waals surface area contributed by atoms with E-state index in [2.05, 4.69) is 4.90 Å². The van der Waals surface area contributed by atoms with Gasteiger partial charge in [-0.05, 0) is 37.1 Å². The Balaban J connectivity index is 1.89. The average molecular weight is 393 g/mol. The van der Waals surface area contributed by atoms with E-state index < -0.39 is 0 Å². The molecule has 1 fully saturated rings. The first kappa shape index (κ1) is 21.8. The van der Waals surface area contributed by atoms with E-state index in [1.54, 1.807) is 38.0 Å². The maximum Gasteiger partial charge on any atom is 0.409 e. The summed E-state index contributed by atoms with van der Waals surface area (Å²) >= 11 is 0. The number of carbonyl (C=O) groups is 2. The van der Waals surface area contributed by atoms with Gasteiger partial charge in [-0.25, -0.2) is 4.79 Å². The topological polar surface area (TPSA) is 71.6 Å². The molecule has 1 saturated heterocycles. The molecule has 1 heterocycles. The number of methoxy groups -OCH3 is 2. The van der Waals surface area contributed by atoms with Crippen molar-refractivity contribution in [3.8, 4) is 11.5 Å². The molecule has 0 saturated carbocycles. The van der Waals surface area contributed by atoms with E-state index in [1.807, 2.05) is 19.1 Å². The van der Waals surface area contributed by atoms with Gasteiger partial charge in [0, 0.05) is 39.8 Å². The number of nitrogens with zero attached hydrogens (tertiary/aromatic N) is 3. The van der Waals surface area contributed by atoms with Gasteiger partial charge in [-0.1, -0.05) is 0 Å². The third-order valence-corrected chi connectivity index (χ3v) is 4.93. The number of likely N-dealkylation sites (N-methyl/N-ethyl adjacent to an activating group) is 1. The van der Waals surface area contributed by atoms with E-state index in [4.69, 9.17) is 14.2 Å². The summed E-state index contributed by atoms with van der Waals surface area (Å²) in [4.78, 5) is 29.9. The predicted octanol–water partition coefficient (Wildman–Crippen LogP) is 1.74. The molecule has 1 aromatic carbocycles. The molecule has 0 N–H and O–H groups in total. The third-order valence-electron chi connectivity index (χ3n) is 4.93. The number of carbonyl (C=O) groups excluding carboxylic acids is 2. The lowest BCUT2D eigenvalue weighted by atomic mass is 10.1. The van der Waals surface area contributed by atoms with E-state index in [0.717, 1.165) is 11.1 Å². The van der Waals surface area contributed by atoms with E-state index in [-0.39, 0.29) is 12.0 Å². The zero-order chi connectivity index (χ0) is 20.7.